The number of benzene rings is 2. The second kappa shape index (κ2) is 13.2. The topological polar surface area (TPSA) is 115 Å². The number of hydrogen-bond donors (Lipinski definition) is 4. The molecule has 0 radical (unpaired) electrons. The van der Waals surface area contributed by atoms with Crippen LogP contribution in [0.5, 0.6) is 0 Å². The van der Waals surface area contributed by atoms with Gasteiger partial charge >= 0.3 is 12.2 Å². The summed E-state index contributed by atoms with van der Waals surface area (Å²) in [6.45, 7) is 6.68. The number of nitrogens with one attached hydrogen (secondary N) is 4. The van der Waals surface area contributed by atoms with Crippen molar-refractivity contribution in [3.05, 3.63) is 59.8 Å². The largest absolute Gasteiger partial charge is 0.416 e. The molecule has 0 saturated carbocycles. The monoisotopic (exact) mass is 636 g/mol. The third-order valence-corrected chi connectivity index (χ3v) is 8.78. The molecule has 2 saturated heterocycles. The van der Waals surface area contributed by atoms with Crippen LogP contribution in [0.2, 0.25) is 0 Å². The summed E-state index contributed by atoms with van der Waals surface area (Å²) in [5.41, 5.74) is 1.84. The molecule has 11 nitrogen and oxygen atoms in total. The predicted molar refractivity (Wildman–Crippen MR) is 173 cm³/mol. The van der Waals surface area contributed by atoms with Crippen molar-refractivity contribution >= 4 is 34.4 Å². The van der Waals surface area contributed by atoms with Crippen LogP contribution in [0.4, 0.5) is 35.4 Å². The van der Waals surface area contributed by atoms with Gasteiger partial charge in [-0.05, 0) is 63.2 Å². The minimum Gasteiger partial charge on any atom is -0.350 e. The molecule has 4 N–H and O–H groups in total. The Morgan fingerprint density at radius 1 is 1.04 bits per heavy atom. The number of aromatic nitrogens is 4. The zero-order chi connectivity index (χ0) is 32.4. The SMILES string of the molecule is CC(c1ccc(NC(=O)Nc2cc(-c3ccc4nc(N[C@H]5CCCNC5)ncc4c3)n(C)n2)cc1C(F)(F)F)N1CCN(C)CC1. The Hall–Kier alpha value is -4.27. The van der Waals surface area contributed by atoms with Crippen molar-refractivity contribution < 1.29 is 18.0 Å². The Kier molecular flexibility index (Phi) is 9.11. The van der Waals surface area contributed by atoms with Gasteiger partial charge in [-0.15, -0.1) is 0 Å². The summed E-state index contributed by atoms with van der Waals surface area (Å²) in [6, 6.07) is 10.6. The van der Waals surface area contributed by atoms with Crippen LogP contribution < -0.4 is 21.3 Å². The minimum atomic E-state index is -4.57. The molecule has 0 spiro atoms. The van der Waals surface area contributed by atoms with Crippen LogP contribution in [0, 0.1) is 0 Å². The molecule has 2 aromatic carbocycles. The Morgan fingerprint density at radius 3 is 2.59 bits per heavy atom. The van der Waals surface area contributed by atoms with Gasteiger partial charge in [0, 0.05) is 80.8 Å². The lowest BCUT2D eigenvalue weighted by Crippen LogP contribution is -2.45. The molecule has 6 rings (SSSR count). The summed E-state index contributed by atoms with van der Waals surface area (Å²) in [4.78, 5) is 26.2. The number of amides is 2. The van der Waals surface area contributed by atoms with E-state index in [1.165, 1.54) is 12.1 Å². The van der Waals surface area contributed by atoms with E-state index in [-0.39, 0.29) is 17.1 Å². The molecule has 2 atom stereocenters. The number of rotatable bonds is 7. The first-order chi connectivity index (χ1) is 22.0. The summed E-state index contributed by atoms with van der Waals surface area (Å²) in [6.07, 6.45) is -0.615. The first-order valence-electron chi connectivity index (χ1n) is 15.5. The maximum Gasteiger partial charge on any atom is 0.416 e. The number of piperidine rings is 1. The minimum absolute atomic E-state index is 0.0402. The number of anilines is 3. The molecule has 2 amide bonds. The van der Waals surface area contributed by atoms with Gasteiger partial charge in [-0.2, -0.15) is 18.3 Å². The van der Waals surface area contributed by atoms with Crippen LogP contribution in [-0.4, -0.2) is 87.9 Å². The molecule has 2 aromatic heterocycles. The highest BCUT2D eigenvalue weighted by atomic mass is 19.4. The van der Waals surface area contributed by atoms with Crippen molar-refractivity contribution in [2.24, 2.45) is 7.05 Å². The molecule has 4 aromatic rings. The molecule has 4 heterocycles. The molecule has 46 heavy (non-hydrogen) atoms. The van der Waals surface area contributed by atoms with Crippen molar-refractivity contribution in [3.8, 4) is 11.3 Å². The lowest BCUT2D eigenvalue weighted by molar-refractivity contribution is -0.138. The average molecular weight is 637 g/mol. The Balaban J connectivity index is 1.13. The molecule has 2 fully saturated rings. The summed E-state index contributed by atoms with van der Waals surface area (Å²) in [7, 11) is 3.75. The van der Waals surface area contributed by atoms with Crippen LogP contribution in [0.25, 0.3) is 22.2 Å². The van der Waals surface area contributed by atoms with Gasteiger partial charge in [-0.3, -0.25) is 14.9 Å². The zero-order valence-corrected chi connectivity index (χ0v) is 26.2. The first kappa shape index (κ1) is 31.7. The Morgan fingerprint density at radius 2 is 1.85 bits per heavy atom. The maximum atomic E-state index is 14.1. The van der Waals surface area contributed by atoms with Gasteiger partial charge in [-0.25, -0.2) is 14.8 Å². The van der Waals surface area contributed by atoms with Crippen LogP contribution in [0.3, 0.4) is 0 Å². The van der Waals surface area contributed by atoms with Crippen molar-refractivity contribution in [1.82, 2.24) is 34.9 Å². The van der Waals surface area contributed by atoms with E-state index in [0.717, 1.165) is 67.2 Å². The molecular weight excluding hydrogens is 597 g/mol. The van der Waals surface area contributed by atoms with Gasteiger partial charge in [-0.1, -0.05) is 12.1 Å². The fraction of sp³-hybridized carbons (Fsp3) is 0.438. The van der Waals surface area contributed by atoms with E-state index in [1.54, 1.807) is 30.9 Å². The van der Waals surface area contributed by atoms with E-state index in [2.05, 4.69) is 46.1 Å². The number of fused-ring (bicyclic) bond motifs is 1. The van der Waals surface area contributed by atoms with E-state index in [0.29, 0.717) is 25.1 Å². The number of alkyl halides is 3. The number of carbonyl (C=O) groups excluding carboxylic acids is 1. The molecule has 0 bridgehead atoms. The average Bonchev–Trinajstić information content (AvgIpc) is 3.40. The summed E-state index contributed by atoms with van der Waals surface area (Å²) < 4.78 is 44.1. The molecule has 244 valence electrons. The van der Waals surface area contributed by atoms with Gasteiger partial charge in [0.1, 0.15) is 0 Å². The lowest BCUT2D eigenvalue weighted by atomic mass is 9.98. The number of halogens is 3. The number of hydrogen-bond acceptors (Lipinski definition) is 8. The van der Waals surface area contributed by atoms with E-state index >= 15 is 0 Å². The summed E-state index contributed by atoms with van der Waals surface area (Å²) >= 11 is 0. The molecule has 14 heteroatoms. The highest BCUT2D eigenvalue weighted by Gasteiger charge is 2.36. The van der Waals surface area contributed by atoms with Crippen molar-refractivity contribution in [2.45, 2.75) is 38.0 Å². The van der Waals surface area contributed by atoms with Gasteiger partial charge < -0.3 is 20.9 Å². The normalized spacial score (nSPS) is 18.8. The Bertz CT molecular complexity index is 1690. The van der Waals surface area contributed by atoms with E-state index in [1.807, 2.05) is 25.2 Å². The molecule has 2 aliphatic heterocycles. The zero-order valence-electron chi connectivity index (χ0n) is 26.2. The highest BCUT2D eigenvalue weighted by Crippen LogP contribution is 2.38. The quantitative estimate of drug-likeness (QED) is 0.220. The molecule has 2 aliphatic rings. The third-order valence-electron chi connectivity index (χ3n) is 8.78. The number of carbonyl (C=O) groups is 1. The van der Waals surface area contributed by atoms with Crippen LogP contribution in [0.15, 0.2) is 48.7 Å². The maximum absolute atomic E-state index is 14.1. The van der Waals surface area contributed by atoms with E-state index in [4.69, 9.17) is 0 Å². The van der Waals surface area contributed by atoms with Gasteiger partial charge in [0.15, 0.2) is 5.82 Å². The lowest BCUT2D eigenvalue weighted by Gasteiger charge is -2.37. The fourth-order valence-electron chi connectivity index (χ4n) is 6.15. The van der Waals surface area contributed by atoms with Gasteiger partial charge in [0.25, 0.3) is 0 Å². The predicted octanol–water partition coefficient (Wildman–Crippen LogP) is 5.17. The summed E-state index contributed by atoms with van der Waals surface area (Å²) in [5.74, 6) is 0.844. The van der Waals surface area contributed by atoms with Gasteiger partial charge in [0.2, 0.25) is 5.95 Å². The van der Waals surface area contributed by atoms with E-state index in [9.17, 15) is 18.0 Å². The van der Waals surface area contributed by atoms with Crippen molar-refractivity contribution in [2.75, 3.05) is 62.3 Å². The van der Waals surface area contributed by atoms with Crippen LogP contribution >= 0.6 is 0 Å². The second-order valence-electron chi connectivity index (χ2n) is 12.1. The standard InChI is InChI=1S/C32H39F3N10O/c1-20(45-13-11-43(2)12-14-45)25-8-7-23(16-26(25)32(33,34)35)39-31(46)41-29-17-28(44(3)42-29)21-6-9-27-22(15-21)18-37-30(40-27)38-24-5-4-10-36-19-24/h6-9,15-18,20,24,36H,4-5,10-14,19H2,1-3H3,(H,37,38,40)(H2,39,41,42,46)/t20?,24-/m0/s1. The van der Waals surface area contributed by atoms with Crippen molar-refractivity contribution in [3.63, 3.8) is 0 Å². The fourth-order valence-corrected chi connectivity index (χ4v) is 6.15. The van der Waals surface area contributed by atoms with Crippen molar-refractivity contribution in [1.29, 1.82) is 0 Å². The molecule has 0 aliphatic carbocycles. The van der Waals surface area contributed by atoms with Crippen LogP contribution in [-0.2, 0) is 13.2 Å². The third kappa shape index (κ3) is 7.24. The first-order valence-corrected chi connectivity index (χ1v) is 15.5. The summed E-state index contributed by atoms with van der Waals surface area (Å²) in [5, 5.41) is 17.2. The van der Waals surface area contributed by atoms with Crippen LogP contribution in [0.1, 0.15) is 36.9 Å². The smallest absolute Gasteiger partial charge is 0.350 e. The number of urea groups is 1. The highest BCUT2D eigenvalue weighted by molar-refractivity contribution is 5.99. The number of aryl methyl sites for hydroxylation is 1. The number of nitrogens with zero attached hydrogens (tertiary/aromatic N) is 6. The molecular formula is C32H39F3N10O. The number of piperazine rings is 1. The van der Waals surface area contributed by atoms with Gasteiger partial charge in [0.05, 0.1) is 16.8 Å². The Labute approximate surface area is 265 Å². The molecule has 1 unspecified atom stereocenters. The van der Waals surface area contributed by atoms with E-state index < -0.39 is 23.8 Å². The second-order valence-corrected chi connectivity index (χ2v) is 12.1. The number of likely N-dealkylation sites (N-methyl/N-ethyl adjacent to an activating group) is 1.